The summed E-state index contributed by atoms with van der Waals surface area (Å²) >= 11 is 0. The van der Waals surface area contributed by atoms with Crippen molar-refractivity contribution in [2.45, 2.75) is 6.61 Å². The fourth-order valence-electron chi connectivity index (χ4n) is 1.79. The van der Waals surface area contributed by atoms with Crippen molar-refractivity contribution in [3.8, 4) is 0 Å². The summed E-state index contributed by atoms with van der Waals surface area (Å²) in [5.41, 5.74) is 5.03. The lowest BCUT2D eigenvalue weighted by Crippen LogP contribution is -2.21. The van der Waals surface area contributed by atoms with Gasteiger partial charge in [0.25, 0.3) is 5.91 Å². The first-order valence-electron chi connectivity index (χ1n) is 4.37. The highest BCUT2D eigenvalue weighted by Crippen LogP contribution is 2.24. The smallest absolute Gasteiger partial charge is 0.275 e. The standard InChI is InChI=1S/C10H8N2O2/c13-10-7-2-1-3-8-9(7)6(4-11-8)5-14-12-10/h1-4,11H,5H2,(H,12,13). The third-order valence-corrected chi connectivity index (χ3v) is 2.42. The van der Waals surface area contributed by atoms with E-state index >= 15 is 0 Å². The van der Waals surface area contributed by atoms with Gasteiger partial charge < -0.3 is 4.98 Å². The molecule has 4 nitrogen and oxygen atoms in total. The number of aromatic nitrogens is 1. The van der Waals surface area contributed by atoms with Crippen LogP contribution in [-0.4, -0.2) is 10.9 Å². The maximum Gasteiger partial charge on any atom is 0.275 e. The summed E-state index contributed by atoms with van der Waals surface area (Å²) < 4.78 is 0. The van der Waals surface area contributed by atoms with Crippen molar-refractivity contribution in [1.29, 1.82) is 0 Å². The molecule has 3 rings (SSSR count). The van der Waals surface area contributed by atoms with Crippen molar-refractivity contribution in [3.63, 3.8) is 0 Å². The molecule has 1 aromatic heterocycles. The molecule has 2 aromatic rings. The van der Waals surface area contributed by atoms with Crippen molar-refractivity contribution >= 4 is 16.8 Å². The van der Waals surface area contributed by atoms with E-state index in [1.54, 1.807) is 6.07 Å². The van der Waals surface area contributed by atoms with Gasteiger partial charge in [-0.3, -0.25) is 9.63 Å². The van der Waals surface area contributed by atoms with Crippen LogP contribution in [-0.2, 0) is 11.4 Å². The second-order valence-electron chi connectivity index (χ2n) is 3.26. The molecule has 70 valence electrons. The fraction of sp³-hybridized carbons (Fsp3) is 0.100. The van der Waals surface area contributed by atoms with Gasteiger partial charge in [-0.25, -0.2) is 5.48 Å². The maximum atomic E-state index is 11.5. The van der Waals surface area contributed by atoms with Crippen LogP contribution in [0.4, 0.5) is 0 Å². The number of amides is 1. The molecule has 1 aliphatic heterocycles. The lowest BCUT2D eigenvalue weighted by atomic mass is 10.1. The van der Waals surface area contributed by atoms with E-state index in [-0.39, 0.29) is 5.91 Å². The molecule has 0 saturated carbocycles. The van der Waals surface area contributed by atoms with Crippen LogP contribution in [0.1, 0.15) is 15.9 Å². The molecule has 0 spiro atoms. The van der Waals surface area contributed by atoms with Crippen LogP contribution < -0.4 is 5.48 Å². The van der Waals surface area contributed by atoms with E-state index in [0.717, 1.165) is 16.5 Å². The summed E-state index contributed by atoms with van der Waals surface area (Å²) in [7, 11) is 0. The topological polar surface area (TPSA) is 54.1 Å². The molecule has 1 aromatic carbocycles. The number of aromatic amines is 1. The Kier molecular flexibility index (Phi) is 1.40. The molecule has 0 radical (unpaired) electrons. The first-order chi connectivity index (χ1) is 6.86. The Morgan fingerprint density at radius 2 is 2.29 bits per heavy atom. The molecule has 0 bridgehead atoms. The van der Waals surface area contributed by atoms with Gasteiger partial charge in [-0.1, -0.05) is 6.07 Å². The summed E-state index contributed by atoms with van der Waals surface area (Å²) in [5, 5.41) is 0.961. The van der Waals surface area contributed by atoms with Gasteiger partial charge in [-0.15, -0.1) is 0 Å². The molecule has 0 atom stereocenters. The van der Waals surface area contributed by atoms with Crippen LogP contribution in [0.2, 0.25) is 0 Å². The Labute approximate surface area is 79.8 Å². The van der Waals surface area contributed by atoms with Crippen LogP contribution in [0.25, 0.3) is 10.9 Å². The molecule has 0 unspecified atom stereocenters. The summed E-state index contributed by atoms with van der Waals surface area (Å²) in [6, 6.07) is 5.59. The predicted molar refractivity (Wildman–Crippen MR) is 50.6 cm³/mol. The number of hydroxylamine groups is 1. The van der Waals surface area contributed by atoms with Crippen molar-refractivity contribution < 1.29 is 9.63 Å². The summed E-state index contributed by atoms with van der Waals surface area (Å²) in [6.45, 7) is 0.406. The minimum Gasteiger partial charge on any atom is -0.361 e. The lowest BCUT2D eigenvalue weighted by Gasteiger charge is -2.00. The minimum absolute atomic E-state index is 0.186. The van der Waals surface area contributed by atoms with Crippen molar-refractivity contribution in [2.75, 3.05) is 0 Å². The highest BCUT2D eigenvalue weighted by atomic mass is 16.6. The molecule has 4 heteroatoms. The molecule has 0 saturated heterocycles. The second-order valence-corrected chi connectivity index (χ2v) is 3.26. The second kappa shape index (κ2) is 2.59. The fourth-order valence-corrected chi connectivity index (χ4v) is 1.79. The average molecular weight is 188 g/mol. The number of hydrogen-bond acceptors (Lipinski definition) is 2. The highest BCUT2D eigenvalue weighted by molar-refractivity contribution is 6.07. The number of nitrogens with one attached hydrogen (secondary N) is 2. The van der Waals surface area contributed by atoms with Crippen LogP contribution in [0.15, 0.2) is 24.4 Å². The Morgan fingerprint density at radius 1 is 1.36 bits per heavy atom. The van der Waals surface area contributed by atoms with Crippen LogP contribution in [0.3, 0.4) is 0 Å². The molecular weight excluding hydrogens is 180 g/mol. The Hall–Kier alpha value is -1.81. The Morgan fingerprint density at radius 3 is 3.21 bits per heavy atom. The minimum atomic E-state index is -0.186. The SMILES string of the molecule is O=C1NOCc2c[nH]c3cccc1c23. The largest absolute Gasteiger partial charge is 0.361 e. The number of carbonyl (C=O) groups excluding carboxylic acids is 1. The van der Waals surface area contributed by atoms with Crippen LogP contribution in [0.5, 0.6) is 0 Å². The van der Waals surface area contributed by atoms with Gasteiger partial charge in [0.1, 0.15) is 6.61 Å². The number of benzene rings is 1. The van der Waals surface area contributed by atoms with Gasteiger partial charge in [-0.05, 0) is 12.1 Å². The Bertz CT molecular complexity index is 516. The van der Waals surface area contributed by atoms with E-state index in [2.05, 4.69) is 10.5 Å². The first kappa shape index (κ1) is 7.58. The number of H-pyrrole nitrogens is 1. The number of carbonyl (C=O) groups is 1. The van der Waals surface area contributed by atoms with E-state index in [1.165, 1.54) is 0 Å². The first-order valence-corrected chi connectivity index (χ1v) is 4.37. The normalized spacial score (nSPS) is 15.3. The van der Waals surface area contributed by atoms with Gasteiger partial charge >= 0.3 is 0 Å². The van der Waals surface area contributed by atoms with Crippen molar-refractivity contribution in [1.82, 2.24) is 10.5 Å². The molecule has 14 heavy (non-hydrogen) atoms. The van der Waals surface area contributed by atoms with Gasteiger partial charge in [0.05, 0.1) is 5.56 Å². The molecule has 0 fully saturated rings. The van der Waals surface area contributed by atoms with E-state index in [9.17, 15) is 4.79 Å². The van der Waals surface area contributed by atoms with E-state index in [0.29, 0.717) is 12.2 Å². The molecular formula is C10H8N2O2. The molecule has 2 N–H and O–H groups in total. The number of hydrogen-bond donors (Lipinski definition) is 2. The highest BCUT2D eigenvalue weighted by Gasteiger charge is 2.17. The zero-order valence-corrected chi connectivity index (χ0v) is 7.33. The summed E-state index contributed by atoms with van der Waals surface area (Å²) in [6.07, 6.45) is 1.87. The molecule has 1 aliphatic rings. The quantitative estimate of drug-likeness (QED) is 0.655. The third kappa shape index (κ3) is 0.885. The maximum absolute atomic E-state index is 11.5. The molecule has 2 heterocycles. The van der Waals surface area contributed by atoms with Crippen LogP contribution >= 0.6 is 0 Å². The van der Waals surface area contributed by atoms with E-state index in [1.807, 2.05) is 18.3 Å². The average Bonchev–Trinajstić information content (AvgIpc) is 2.53. The zero-order valence-electron chi connectivity index (χ0n) is 7.33. The number of rotatable bonds is 0. The predicted octanol–water partition coefficient (Wildman–Crippen LogP) is 1.34. The van der Waals surface area contributed by atoms with Gasteiger partial charge in [0.15, 0.2) is 0 Å². The monoisotopic (exact) mass is 188 g/mol. The van der Waals surface area contributed by atoms with Crippen molar-refractivity contribution in [3.05, 3.63) is 35.5 Å². The van der Waals surface area contributed by atoms with Crippen molar-refractivity contribution in [2.24, 2.45) is 0 Å². The van der Waals surface area contributed by atoms with Gasteiger partial charge in [0, 0.05) is 22.7 Å². The molecule has 1 amide bonds. The van der Waals surface area contributed by atoms with E-state index in [4.69, 9.17) is 4.84 Å². The zero-order chi connectivity index (χ0) is 9.54. The van der Waals surface area contributed by atoms with Gasteiger partial charge in [0.2, 0.25) is 0 Å². The lowest BCUT2D eigenvalue weighted by molar-refractivity contribution is 0.0254. The van der Waals surface area contributed by atoms with Gasteiger partial charge in [-0.2, -0.15) is 0 Å². The summed E-state index contributed by atoms with van der Waals surface area (Å²) in [5.74, 6) is -0.186. The molecule has 0 aliphatic carbocycles. The summed E-state index contributed by atoms with van der Waals surface area (Å²) in [4.78, 5) is 19.7. The van der Waals surface area contributed by atoms with Crippen LogP contribution in [0, 0.1) is 0 Å². The third-order valence-electron chi connectivity index (χ3n) is 2.42. The Balaban J connectivity index is 2.44. The van der Waals surface area contributed by atoms with E-state index < -0.39 is 0 Å².